The summed E-state index contributed by atoms with van der Waals surface area (Å²) < 4.78 is 21.9. The van der Waals surface area contributed by atoms with Crippen molar-refractivity contribution in [2.24, 2.45) is 5.92 Å². The van der Waals surface area contributed by atoms with Crippen molar-refractivity contribution in [3.8, 4) is 0 Å². The van der Waals surface area contributed by atoms with Gasteiger partial charge in [-0.05, 0) is 81.8 Å². The number of aliphatic hydroxyl groups is 1. The molecule has 0 saturated carbocycles. The number of aryl methyl sites for hydroxylation is 1. The fourth-order valence-electron chi connectivity index (χ4n) is 6.47. The van der Waals surface area contributed by atoms with Gasteiger partial charge >= 0.3 is 0 Å². The highest BCUT2D eigenvalue weighted by Gasteiger charge is 2.52. The first-order valence-electron chi connectivity index (χ1n) is 13.5. The second kappa shape index (κ2) is 11.7. The van der Waals surface area contributed by atoms with Crippen LogP contribution in [-0.4, -0.2) is 74.2 Å². The summed E-state index contributed by atoms with van der Waals surface area (Å²) in [5.74, 6) is -0.00446. The van der Waals surface area contributed by atoms with Gasteiger partial charge in [0.15, 0.2) is 0 Å². The fourth-order valence-corrected chi connectivity index (χ4v) is 9.02. The highest BCUT2D eigenvalue weighted by atomic mass is 28.4. The van der Waals surface area contributed by atoms with E-state index in [1.54, 1.807) is 18.0 Å². The third-order valence-corrected chi connectivity index (χ3v) is 10.8. The number of ether oxygens (including phenoxy) is 1. The molecule has 4 rings (SSSR count). The van der Waals surface area contributed by atoms with Gasteiger partial charge in [-0.3, -0.25) is 9.59 Å². The van der Waals surface area contributed by atoms with Gasteiger partial charge in [-0.2, -0.15) is 0 Å². The van der Waals surface area contributed by atoms with Gasteiger partial charge in [0, 0.05) is 17.8 Å². The number of likely N-dealkylation sites (tertiary alicyclic amines) is 1. The van der Waals surface area contributed by atoms with Crippen LogP contribution >= 0.6 is 0 Å². The molecule has 3 aliphatic rings. The van der Waals surface area contributed by atoms with E-state index in [4.69, 9.17) is 4.74 Å². The van der Waals surface area contributed by atoms with E-state index in [2.05, 4.69) is 17.6 Å². The zero-order chi connectivity index (χ0) is 25.9. The zero-order valence-electron chi connectivity index (χ0n) is 21.8. The molecule has 0 bridgehead atoms. The minimum absolute atomic E-state index is 0.00400. The number of benzene rings is 1. The largest absolute Gasteiger partial charge is 0.394 e. The van der Waals surface area contributed by atoms with Crippen LogP contribution in [0.2, 0.25) is 18.6 Å². The zero-order valence-corrected chi connectivity index (χ0v) is 22.8. The normalized spacial score (nSPS) is 30.6. The Balaban J connectivity index is 1.37. The number of aliphatic hydroxyl groups excluding tert-OH is 1. The Morgan fingerprint density at radius 1 is 1.25 bits per heavy atom. The van der Waals surface area contributed by atoms with Gasteiger partial charge < -0.3 is 29.5 Å². The minimum atomic E-state index is -3.07. The summed E-state index contributed by atoms with van der Waals surface area (Å²) in [5, 5.41) is 15.8. The third-order valence-electron chi connectivity index (χ3n) is 8.27. The van der Waals surface area contributed by atoms with Gasteiger partial charge in [0.05, 0.1) is 37.3 Å². The van der Waals surface area contributed by atoms with E-state index < -0.39 is 14.5 Å². The van der Waals surface area contributed by atoms with Crippen molar-refractivity contribution in [2.75, 3.05) is 25.0 Å². The number of hydrogen-bond acceptors (Lipinski definition) is 5. The summed E-state index contributed by atoms with van der Waals surface area (Å²) in [6, 6.07) is 7.64. The second-order valence-corrected chi connectivity index (χ2v) is 15.1. The van der Waals surface area contributed by atoms with Crippen LogP contribution in [0.5, 0.6) is 0 Å². The maximum Gasteiger partial charge on any atom is 0.246 e. The molecule has 3 aliphatic heterocycles. The van der Waals surface area contributed by atoms with Crippen molar-refractivity contribution in [3.63, 3.8) is 0 Å². The second-order valence-electron chi connectivity index (χ2n) is 11.3. The maximum atomic E-state index is 15.5. The maximum absolute atomic E-state index is 15.5. The summed E-state index contributed by atoms with van der Waals surface area (Å²) in [6.45, 7) is 7.00. The first-order valence-corrected chi connectivity index (χ1v) is 16.5. The van der Waals surface area contributed by atoms with Crippen LogP contribution < -0.4 is 10.6 Å². The Hall–Kier alpha value is -1.81. The molecule has 200 valence electrons. The topological polar surface area (TPSA) is 90.9 Å². The molecule has 3 fully saturated rings. The first-order chi connectivity index (χ1) is 17.2. The molecule has 1 aromatic rings. The molecule has 0 aliphatic carbocycles. The van der Waals surface area contributed by atoms with Crippen molar-refractivity contribution in [1.82, 2.24) is 10.2 Å². The number of nitrogens with one attached hydrogen (secondary N) is 2. The van der Waals surface area contributed by atoms with Crippen LogP contribution in [0, 0.1) is 5.92 Å². The predicted octanol–water partition coefficient (Wildman–Crippen LogP) is 3.63. The van der Waals surface area contributed by atoms with Crippen molar-refractivity contribution in [2.45, 2.75) is 94.8 Å². The van der Waals surface area contributed by atoms with E-state index in [1.807, 2.05) is 24.3 Å². The lowest BCUT2D eigenvalue weighted by molar-refractivity contribution is -0.135. The Kier molecular flexibility index (Phi) is 8.86. The lowest BCUT2D eigenvalue weighted by atomic mass is 9.95. The number of anilines is 1. The number of amides is 2. The van der Waals surface area contributed by atoms with E-state index >= 15 is 4.11 Å². The molecular formula is C27H42FN3O4Si. The van der Waals surface area contributed by atoms with Gasteiger partial charge in [0.1, 0.15) is 0 Å². The lowest BCUT2D eigenvalue weighted by Gasteiger charge is -2.30. The molecule has 0 radical (unpaired) electrons. The lowest BCUT2D eigenvalue weighted by Crippen LogP contribution is -2.42. The molecule has 36 heavy (non-hydrogen) atoms. The average Bonchev–Trinajstić information content (AvgIpc) is 3.58. The van der Waals surface area contributed by atoms with Crippen LogP contribution in [-0.2, 0) is 20.7 Å². The SMILES string of the molecule is C[C@H]1[C@H]([Si](C)(C)F)[C@@H](CC(=O)N2CCC[C@H]2CO)O[C@H]1CCc1cccc(NC(=O)[C@H]2CCCN2)c1. The van der Waals surface area contributed by atoms with Gasteiger partial charge in [0.25, 0.3) is 0 Å². The molecule has 3 heterocycles. The van der Waals surface area contributed by atoms with Crippen molar-refractivity contribution < 1.29 is 23.5 Å². The quantitative estimate of drug-likeness (QED) is 0.342. The summed E-state index contributed by atoms with van der Waals surface area (Å²) in [5.41, 5.74) is 1.64. The molecule has 3 saturated heterocycles. The smallest absolute Gasteiger partial charge is 0.246 e. The van der Waals surface area contributed by atoms with E-state index in [9.17, 15) is 14.7 Å². The van der Waals surface area contributed by atoms with Crippen molar-refractivity contribution in [3.05, 3.63) is 29.8 Å². The molecule has 0 unspecified atom stereocenters. The molecule has 0 aromatic heterocycles. The molecule has 2 amide bonds. The number of rotatable bonds is 9. The van der Waals surface area contributed by atoms with Crippen LogP contribution in [0.4, 0.5) is 9.80 Å². The van der Waals surface area contributed by atoms with Gasteiger partial charge in [-0.15, -0.1) is 0 Å². The number of hydrogen-bond donors (Lipinski definition) is 3. The van der Waals surface area contributed by atoms with E-state index in [1.165, 1.54) is 0 Å². The highest BCUT2D eigenvalue weighted by Crippen LogP contribution is 2.47. The average molecular weight is 520 g/mol. The van der Waals surface area contributed by atoms with Crippen LogP contribution in [0.3, 0.4) is 0 Å². The van der Waals surface area contributed by atoms with Crippen molar-refractivity contribution in [1.29, 1.82) is 0 Å². The number of carbonyl (C=O) groups is 2. The number of carbonyl (C=O) groups excluding carboxylic acids is 2. The number of halogens is 1. The molecular weight excluding hydrogens is 477 g/mol. The molecule has 3 N–H and O–H groups in total. The monoisotopic (exact) mass is 519 g/mol. The Morgan fingerprint density at radius 3 is 2.75 bits per heavy atom. The molecule has 0 spiro atoms. The molecule has 9 heteroatoms. The third kappa shape index (κ3) is 6.35. The predicted molar refractivity (Wildman–Crippen MR) is 141 cm³/mol. The first kappa shape index (κ1) is 27.2. The Labute approximate surface area is 215 Å². The molecule has 7 nitrogen and oxygen atoms in total. The van der Waals surface area contributed by atoms with Gasteiger partial charge in [0.2, 0.25) is 20.2 Å². The molecule has 1 aromatic carbocycles. The van der Waals surface area contributed by atoms with Gasteiger partial charge in [-0.1, -0.05) is 19.1 Å². The van der Waals surface area contributed by atoms with Crippen LogP contribution in [0.15, 0.2) is 24.3 Å². The van der Waals surface area contributed by atoms with E-state index in [0.717, 1.165) is 56.3 Å². The van der Waals surface area contributed by atoms with Crippen LogP contribution in [0.1, 0.15) is 51.0 Å². The Bertz CT molecular complexity index is 921. The summed E-state index contributed by atoms with van der Waals surface area (Å²) in [4.78, 5) is 27.3. The number of nitrogens with zero attached hydrogens (tertiary/aromatic N) is 1. The molecule has 6 atom stereocenters. The summed E-state index contributed by atoms with van der Waals surface area (Å²) in [6.07, 6.45) is 4.71. The summed E-state index contributed by atoms with van der Waals surface area (Å²) in [7, 11) is -3.07. The highest BCUT2D eigenvalue weighted by molar-refractivity contribution is 6.72. The van der Waals surface area contributed by atoms with E-state index in [0.29, 0.717) is 6.54 Å². The standard InChI is InChI=1S/C27H42FN3O4Si/c1-18-23(12-11-19-7-4-8-20(15-19)30-27(34)22-10-5-13-29-22)35-24(26(18)36(2,3)28)16-25(33)31-14-6-9-21(31)17-32/h4,7-8,15,18,21-24,26,29,32H,5-6,9-14,16-17H2,1-3H3,(H,30,34)/t18-,21+,22-,23+,24-,26+/m1/s1. The minimum Gasteiger partial charge on any atom is -0.394 e. The fraction of sp³-hybridized carbons (Fsp3) is 0.704. The van der Waals surface area contributed by atoms with Gasteiger partial charge in [-0.25, -0.2) is 0 Å². The Morgan fingerprint density at radius 2 is 2.06 bits per heavy atom. The van der Waals surface area contributed by atoms with Crippen molar-refractivity contribution >= 4 is 25.9 Å². The summed E-state index contributed by atoms with van der Waals surface area (Å²) >= 11 is 0. The van der Waals surface area contributed by atoms with Crippen LogP contribution in [0.25, 0.3) is 0 Å². The van der Waals surface area contributed by atoms with E-state index in [-0.39, 0.29) is 54.5 Å².